The Morgan fingerprint density at radius 3 is 2.64 bits per heavy atom. The predicted molar refractivity (Wildman–Crippen MR) is 80.1 cm³/mol. The normalized spacial score (nSPS) is 10.6. The Balaban J connectivity index is 1.82. The molecule has 0 aliphatic heterocycles. The molecule has 0 atom stereocenters. The van der Waals surface area contributed by atoms with Gasteiger partial charge in [-0.2, -0.15) is 4.98 Å². The van der Waals surface area contributed by atoms with E-state index in [2.05, 4.69) is 10.1 Å². The summed E-state index contributed by atoms with van der Waals surface area (Å²) in [4.78, 5) is 4.10. The van der Waals surface area contributed by atoms with Crippen LogP contribution in [0.2, 0.25) is 0 Å². The summed E-state index contributed by atoms with van der Waals surface area (Å²) in [5.74, 6) is 0.927. The molecule has 2 aromatic carbocycles. The molecular weight excluding hydrogens is 282 g/mol. The van der Waals surface area contributed by atoms with Gasteiger partial charge in [0.1, 0.15) is 6.61 Å². The van der Waals surface area contributed by atoms with Crippen LogP contribution in [0.25, 0.3) is 11.4 Å². The Labute approximate surface area is 127 Å². The Morgan fingerprint density at radius 2 is 1.91 bits per heavy atom. The van der Waals surface area contributed by atoms with Gasteiger partial charge in [-0.1, -0.05) is 41.6 Å². The number of aromatic hydroxyl groups is 1. The number of benzene rings is 2. The first-order valence-corrected chi connectivity index (χ1v) is 6.79. The van der Waals surface area contributed by atoms with E-state index < -0.39 is 0 Å². The zero-order chi connectivity index (χ0) is 15.4. The molecule has 6 heteroatoms. The first kappa shape index (κ1) is 14.1. The smallest absolute Gasteiger partial charge is 0.240 e. The van der Waals surface area contributed by atoms with Crippen molar-refractivity contribution in [2.24, 2.45) is 5.73 Å². The molecule has 0 spiro atoms. The van der Waals surface area contributed by atoms with Crippen LogP contribution in [-0.4, -0.2) is 15.2 Å². The first-order valence-electron chi connectivity index (χ1n) is 6.79. The molecule has 0 saturated heterocycles. The molecule has 22 heavy (non-hydrogen) atoms. The van der Waals surface area contributed by atoms with E-state index in [0.717, 1.165) is 5.56 Å². The third kappa shape index (κ3) is 2.91. The maximum atomic E-state index is 10.3. The zero-order valence-electron chi connectivity index (χ0n) is 11.8. The highest BCUT2D eigenvalue weighted by molar-refractivity contribution is 5.67. The maximum absolute atomic E-state index is 10.3. The number of nitrogens with zero attached hydrogens (tertiary/aromatic N) is 2. The lowest BCUT2D eigenvalue weighted by atomic mass is 10.1. The van der Waals surface area contributed by atoms with Gasteiger partial charge in [-0.05, 0) is 17.7 Å². The van der Waals surface area contributed by atoms with Gasteiger partial charge in [0.2, 0.25) is 11.7 Å². The lowest BCUT2D eigenvalue weighted by molar-refractivity contribution is 0.289. The Hall–Kier alpha value is -2.86. The highest BCUT2D eigenvalue weighted by Crippen LogP contribution is 2.35. The minimum atomic E-state index is -0.0252. The second-order valence-corrected chi connectivity index (χ2v) is 4.64. The molecule has 0 aliphatic carbocycles. The fourth-order valence-electron chi connectivity index (χ4n) is 2.00. The molecule has 3 rings (SSSR count). The number of para-hydroxylation sites is 1. The molecule has 0 saturated carbocycles. The van der Waals surface area contributed by atoms with Gasteiger partial charge < -0.3 is 20.1 Å². The van der Waals surface area contributed by atoms with E-state index in [4.69, 9.17) is 15.0 Å². The van der Waals surface area contributed by atoms with Crippen LogP contribution in [0.3, 0.4) is 0 Å². The van der Waals surface area contributed by atoms with Gasteiger partial charge in [0, 0.05) is 0 Å². The molecule has 3 N–H and O–H groups in total. The van der Waals surface area contributed by atoms with Crippen LogP contribution >= 0.6 is 0 Å². The van der Waals surface area contributed by atoms with Crippen molar-refractivity contribution in [3.63, 3.8) is 0 Å². The molecular formula is C16H15N3O3. The summed E-state index contributed by atoms with van der Waals surface area (Å²) >= 11 is 0. The van der Waals surface area contributed by atoms with Gasteiger partial charge in [0.15, 0.2) is 11.5 Å². The molecule has 112 valence electrons. The number of hydrogen-bond donors (Lipinski definition) is 2. The van der Waals surface area contributed by atoms with Crippen molar-refractivity contribution in [1.82, 2.24) is 10.1 Å². The number of phenolic OH excluding ortho intramolecular Hbond substituents is 1. The minimum Gasteiger partial charge on any atom is -0.504 e. The topological polar surface area (TPSA) is 94.4 Å². The molecule has 1 heterocycles. The van der Waals surface area contributed by atoms with E-state index in [1.165, 1.54) is 0 Å². The van der Waals surface area contributed by atoms with Crippen molar-refractivity contribution >= 4 is 0 Å². The van der Waals surface area contributed by atoms with Gasteiger partial charge >= 0.3 is 0 Å². The van der Waals surface area contributed by atoms with Gasteiger partial charge in [-0.3, -0.25) is 0 Å². The van der Waals surface area contributed by atoms with Gasteiger partial charge in [-0.25, -0.2) is 0 Å². The quantitative estimate of drug-likeness (QED) is 0.751. The van der Waals surface area contributed by atoms with Crippen LogP contribution in [-0.2, 0) is 13.2 Å². The van der Waals surface area contributed by atoms with Crippen LogP contribution in [0.5, 0.6) is 11.5 Å². The summed E-state index contributed by atoms with van der Waals surface area (Å²) in [5, 5.41) is 14.1. The summed E-state index contributed by atoms with van der Waals surface area (Å²) in [6.07, 6.45) is 0. The fourth-order valence-corrected chi connectivity index (χ4v) is 2.00. The molecule has 0 amide bonds. The van der Waals surface area contributed by atoms with Crippen molar-refractivity contribution < 1.29 is 14.4 Å². The summed E-state index contributed by atoms with van der Waals surface area (Å²) < 4.78 is 10.6. The van der Waals surface area contributed by atoms with Crippen molar-refractivity contribution in [2.75, 3.05) is 0 Å². The van der Waals surface area contributed by atoms with Crippen molar-refractivity contribution in [1.29, 1.82) is 0 Å². The molecule has 6 nitrogen and oxygen atoms in total. The van der Waals surface area contributed by atoms with E-state index in [-0.39, 0.29) is 18.1 Å². The Kier molecular flexibility index (Phi) is 4.02. The number of hydrogen-bond acceptors (Lipinski definition) is 6. The SMILES string of the molecule is NCc1nc(-c2cccc(OCc3ccccc3)c2O)no1. The molecule has 0 bridgehead atoms. The first-order chi connectivity index (χ1) is 10.8. The predicted octanol–water partition coefficient (Wildman–Crippen LogP) is 2.48. The fraction of sp³-hybridized carbons (Fsp3) is 0.125. The number of phenols is 1. The van der Waals surface area contributed by atoms with Gasteiger partial charge in [-0.15, -0.1) is 0 Å². The number of nitrogens with two attached hydrogens (primary N) is 1. The van der Waals surface area contributed by atoms with Crippen molar-refractivity contribution in [3.8, 4) is 22.9 Å². The molecule has 0 aliphatic rings. The van der Waals surface area contributed by atoms with Crippen LogP contribution in [0.1, 0.15) is 11.5 Å². The summed E-state index contributed by atoms with van der Waals surface area (Å²) in [6, 6.07) is 14.8. The Morgan fingerprint density at radius 1 is 1.09 bits per heavy atom. The third-order valence-electron chi connectivity index (χ3n) is 3.12. The van der Waals surface area contributed by atoms with E-state index in [9.17, 15) is 5.11 Å². The second-order valence-electron chi connectivity index (χ2n) is 4.64. The van der Waals surface area contributed by atoms with E-state index in [1.54, 1.807) is 18.2 Å². The number of aromatic nitrogens is 2. The summed E-state index contributed by atoms with van der Waals surface area (Å²) in [6.45, 7) is 0.510. The highest BCUT2D eigenvalue weighted by atomic mass is 16.5. The van der Waals surface area contributed by atoms with Crippen LogP contribution < -0.4 is 10.5 Å². The van der Waals surface area contributed by atoms with Crippen LogP contribution in [0, 0.1) is 0 Å². The largest absolute Gasteiger partial charge is 0.504 e. The second kappa shape index (κ2) is 6.28. The van der Waals surface area contributed by atoms with Gasteiger partial charge in [0.25, 0.3) is 0 Å². The average Bonchev–Trinajstić information content (AvgIpc) is 3.04. The molecule has 1 aromatic heterocycles. The van der Waals surface area contributed by atoms with E-state index >= 15 is 0 Å². The third-order valence-corrected chi connectivity index (χ3v) is 3.12. The monoisotopic (exact) mass is 297 g/mol. The summed E-state index contributed by atoms with van der Waals surface area (Å²) in [7, 11) is 0. The summed E-state index contributed by atoms with van der Waals surface area (Å²) in [5.41, 5.74) is 6.89. The zero-order valence-corrected chi connectivity index (χ0v) is 11.8. The van der Waals surface area contributed by atoms with E-state index in [0.29, 0.717) is 23.8 Å². The highest BCUT2D eigenvalue weighted by Gasteiger charge is 2.15. The van der Waals surface area contributed by atoms with Crippen molar-refractivity contribution in [2.45, 2.75) is 13.2 Å². The lowest BCUT2D eigenvalue weighted by Gasteiger charge is -2.09. The Bertz CT molecular complexity index is 756. The van der Waals surface area contributed by atoms with Crippen LogP contribution in [0.4, 0.5) is 0 Å². The van der Waals surface area contributed by atoms with E-state index in [1.807, 2.05) is 30.3 Å². The minimum absolute atomic E-state index is 0.0252. The molecule has 0 fully saturated rings. The average molecular weight is 297 g/mol. The van der Waals surface area contributed by atoms with Crippen molar-refractivity contribution in [3.05, 3.63) is 60.0 Å². The maximum Gasteiger partial charge on any atom is 0.240 e. The lowest BCUT2D eigenvalue weighted by Crippen LogP contribution is -1.97. The number of ether oxygens (including phenoxy) is 1. The molecule has 3 aromatic rings. The standard InChI is InChI=1S/C16H15N3O3/c17-9-14-18-16(19-22-14)12-7-4-8-13(15(12)20)21-10-11-5-2-1-3-6-11/h1-8,20H,9-10,17H2. The molecule has 0 unspecified atom stereocenters. The van der Waals surface area contributed by atoms with Crippen LogP contribution in [0.15, 0.2) is 53.1 Å². The van der Waals surface area contributed by atoms with Gasteiger partial charge in [0.05, 0.1) is 12.1 Å². The molecule has 0 radical (unpaired) electrons. The number of rotatable bonds is 5.